The molecule has 0 aliphatic heterocycles. The molecule has 0 unspecified atom stereocenters. The summed E-state index contributed by atoms with van der Waals surface area (Å²) in [4.78, 5) is 0. The van der Waals surface area contributed by atoms with Gasteiger partial charge in [0.1, 0.15) is 5.75 Å². The summed E-state index contributed by atoms with van der Waals surface area (Å²) >= 11 is 0. The van der Waals surface area contributed by atoms with Crippen molar-refractivity contribution in [2.75, 3.05) is 28.4 Å². The van der Waals surface area contributed by atoms with E-state index in [0.717, 1.165) is 16.7 Å². The van der Waals surface area contributed by atoms with Gasteiger partial charge >= 0.3 is 0 Å². The van der Waals surface area contributed by atoms with E-state index in [1.165, 1.54) is 0 Å². The third kappa shape index (κ3) is 3.10. The molecule has 25 heavy (non-hydrogen) atoms. The smallest absolute Gasteiger partial charge is 0.203 e. The predicted molar refractivity (Wildman–Crippen MR) is 92.4 cm³/mol. The highest BCUT2D eigenvalue weighted by Gasteiger charge is 2.19. The van der Waals surface area contributed by atoms with Crippen LogP contribution in [-0.4, -0.2) is 33.6 Å². The standard InChI is InChI=1S/C19H18NO5/c1-21-14-7-5-12(6-8-14)15-11-20-25-18(15)13-9-16(22-2)19(24-4)17(10-13)23-3/h5-7,9-11H,1-4H3. The van der Waals surface area contributed by atoms with Gasteiger partial charge in [-0.15, -0.1) is 0 Å². The van der Waals surface area contributed by atoms with Crippen LogP contribution in [-0.2, 0) is 0 Å². The molecule has 0 aliphatic rings. The first-order valence-electron chi connectivity index (χ1n) is 7.53. The molecule has 0 atom stereocenters. The number of nitrogens with zero attached hydrogens (tertiary/aromatic N) is 1. The predicted octanol–water partition coefficient (Wildman–Crippen LogP) is 3.84. The highest BCUT2D eigenvalue weighted by molar-refractivity contribution is 5.81. The lowest BCUT2D eigenvalue weighted by Crippen LogP contribution is -1.95. The van der Waals surface area contributed by atoms with Crippen molar-refractivity contribution in [2.24, 2.45) is 0 Å². The third-order valence-electron chi connectivity index (χ3n) is 3.81. The first-order valence-corrected chi connectivity index (χ1v) is 7.53. The third-order valence-corrected chi connectivity index (χ3v) is 3.81. The summed E-state index contributed by atoms with van der Waals surface area (Å²) in [5.41, 5.74) is 2.50. The normalized spacial score (nSPS) is 10.4. The maximum atomic E-state index is 5.49. The van der Waals surface area contributed by atoms with Gasteiger partial charge in [-0.25, -0.2) is 0 Å². The largest absolute Gasteiger partial charge is 0.496 e. The lowest BCUT2D eigenvalue weighted by Gasteiger charge is -2.13. The average Bonchev–Trinajstić information content (AvgIpc) is 3.16. The second-order valence-corrected chi connectivity index (χ2v) is 5.13. The van der Waals surface area contributed by atoms with Crippen molar-refractivity contribution in [2.45, 2.75) is 0 Å². The van der Waals surface area contributed by atoms with E-state index in [4.69, 9.17) is 23.5 Å². The molecule has 6 nitrogen and oxygen atoms in total. The summed E-state index contributed by atoms with van der Waals surface area (Å²) in [7, 11) is 6.31. The number of ether oxygens (including phenoxy) is 4. The van der Waals surface area contributed by atoms with Gasteiger partial charge in [-0.3, -0.25) is 0 Å². The minimum absolute atomic E-state index is 0.521. The molecular weight excluding hydrogens is 322 g/mol. The zero-order valence-electron chi connectivity index (χ0n) is 14.5. The van der Waals surface area contributed by atoms with Crippen LogP contribution in [0.2, 0.25) is 0 Å². The number of benzene rings is 2. The van der Waals surface area contributed by atoms with Gasteiger partial charge < -0.3 is 23.5 Å². The Bertz CT molecular complexity index is 830. The minimum atomic E-state index is 0.521. The molecule has 0 fully saturated rings. The van der Waals surface area contributed by atoms with E-state index in [1.54, 1.807) is 34.6 Å². The number of aromatic nitrogens is 1. The Balaban J connectivity index is 2.10. The first-order chi connectivity index (χ1) is 12.2. The fourth-order valence-electron chi connectivity index (χ4n) is 2.57. The fraction of sp³-hybridized carbons (Fsp3) is 0.211. The molecule has 0 saturated heterocycles. The van der Waals surface area contributed by atoms with Gasteiger partial charge in [-0.2, -0.15) is 0 Å². The van der Waals surface area contributed by atoms with Crippen LogP contribution in [0.15, 0.2) is 41.1 Å². The van der Waals surface area contributed by atoms with Crippen molar-refractivity contribution >= 4 is 0 Å². The van der Waals surface area contributed by atoms with Crippen molar-refractivity contribution in [1.29, 1.82) is 0 Å². The van der Waals surface area contributed by atoms with Gasteiger partial charge in [0, 0.05) is 17.2 Å². The molecule has 0 bridgehead atoms. The highest BCUT2D eigenvalue weighted by Crippen LogP contribution is 2.43. The molecule has 3 aromatic rings. The molecule has 0 spiro atoms. The van der Waals surface area contributed by atoms with Crippen molar-refractivity contribution in [3.63, 3.8) is 0 Å². The summed E-state index contributed by atoms with van der Waals surface area (Å²) in [6.45, 7) is 0. The second-order valence-electron chi connectivity index (χ2n) is 5.13. The van der Waals surface area contributed by atoms with Crippen molar-refractivity contribution in [1.82, 2.24) is 5.16 Å². The molecule has 0 aliphatic carbocycles. The maximum absolute atomic E-state index is 5.49. The molecule has 2 aromatic carbocycles. The molecule has 129 valence electrons. The monoisotopic (exact) mass is 340 g/mol. The molecule has 1 radical (unpaired) electrons. The first kappa shape index (κ1) is 16.7. The molecular formula is C19H18NO5. The number of rotatable bonds is 6. The molecule has 1 heterocycles. The Kier molecular flexibility index (Phi) is 4.79. The summed E-state index contributed by atoms with van der Waals surface area (Å²) in [5.74, 6) is 2.86. The maximum Gasteiger partial charge on any atom is 0.203 e. The number of hydrogen-bond donors (Lipinski definition) is 0. The Morgan fingerprint density at radius 1 is 0.880 bits per heavy atom. The van der Waals surface area contributed by atoms with Crippen LogP contribution in [0.4, 0.5) is 0 Å². The van der Waals surface area contributed by atoms with Crippen molar-refractivity contribution < 1.29 is 23.5 Å². The summed E-state index contributed by atoms with van der Waals surface area (Å²) in [6.07, 6.45) is 1.66. The van der Waals surface area contributed by atoms with Crippen LogP contribution in [0.3, 0.4) is 0 Å². The van der Waals surface area contributed by atoms with Crippen LogP contribution >= 0.6 is 0 Å². The van der Waals surface area contributed by atoms with E-state index in [1.807, 2.05) is 30.3 Å². The van der Waals surface area contributed by atoms with E-state index in [-0.39, 0.29) is 0 Å². The van der Waals surface area contributed by atoms with Crippen LogP contribution in [0.1, 0.15) is 0 Å². The second kappa shape index (κ2) is 7.17. The summed E-state index contributed by atoms with van der Waals surface area (Å²) < 4.78 is 26.8. The highest BCUT2D eigenvalue weighted by atomic mass is 16.5. The molecule has 0 saturated carbocycles. The molecule has 0 N–H and O–H groups in total. The van der Waals surface area contributed by atoms with E-state index in [0.29, 0.717) is 28.8 Å². The zero-order valence-corrected chi connectivity index (χ0v) is 14.5. The Morgan fingerprint density at radius 2 is 1.60 bits per heavy atom. The van der Waals surface area contributed by atoms with Gasteiger partial charge in [0.05, 0.1) is 34.6 Å². The lowest BCUT2D eigenvalue weighted by molar-refractivity contribution is 0.324. The molecule has 6 heteroatoms. The number of methoxy groups -OCH3 is 4. The Morgan fingerprint density at radius 3 is 2.12 bits per heavy atom. The summed E-state index contributed by atoms with van der Waals surface area (Å²) in [5, 5.41) is 3.94. The average molecular weight is 340 g/mol. The van der Waals surface area contributed by atoms with Gasteiger partial charge in [0.25, 0.3) is 0 Å². The Labute approximate surface area is 145 Å². The fourth-order valence-corrected chi connectivity index (χ4v) is 2.57. The van der Waals surface area contributed by atoms with Gasteiger partial charge in [0.15, 0.2) is 17.3 Å². The van der Waals surface area contributed by atoms with Crippen LogP contribution in [0, 0.1) is 6.07 Å². The van der Waals surface area contributed by atoms with Crippen LogP contribution < -0.4 is 18.9 Å². The van der Waals surface area contributed by atoms with Gasteiger partial charge in [0.2, 0.25) is 5.75 Å². The summed E-state index contributed by atoms with van der Waals surface area (Å²) in [6, 6.07) is 12.3. The molecule has 3 rings (SSSR count). The molecule has 1 aromatic heterocycles. The van der Waals surface area contributed by atoms with E-state index in [9.17, 15) is 0 Å². The lowest BCUT2D eigenvalue weighted by atomic mass is 10.0. The zero-order chi connectivity index (χ0) is 17.8. The van der Waals surface area contributed by atoms with Gasteiger partial charge in [-0.1, -0.05) is 11.2 Å². The van der Waals surface area contributed by atoms with E-state index in [2.05, 4.69) is 11.2 Å². The van der Waals surface area contributed by atoms with E-state index >= 15 is 0 Å². The van der Waals surface area contributed by atoms with Crippen LogP contribution in [0.25, 0.3) is 22.5 Å². The minimum Gasteiger partial charge on any atom is -0.496 e. The van der Waals surface area contributed by atoms with Crippen molar-refractivity contribution in [3.05, 3.63) is 42.6 Å². The van der Waals surface area contributed by atoms with Crippen LogP contribution in [0.5, 0.6) is 23.0 Å². The number of hydrogen-bond acceptors (Lipinski definition) is 6. The van der Waals surface area contributed by atoms with Gasteiger partial charge in [-0.05, 0) is 29.8 Å². The Hall–Kier alpha value is -3.15. The molecule has 0 amide bonds. The SMILES string of the molecule is COc1[c]cc(-c2cnoc2-c2cc(OC)c(OC)c(OC)c2)cc1. The van der Waals surface area contributed by atoms with Crippen molar-refractivity contribution in [3.8, 4) is 45.4 Å². The quantitative estimate of drug-likeness (QED) is 0.679. The van der Waals surface area contributed by atoms with E-state index < -0.39 is 0 Å². The topological polar surface area (TPSA) is 63.0 Å².